The first-order chi connectivity index (χ1) is 9.22. The fourth-order valence-electron chi connectivity index (χ4n) is 2.12. The summed E-state index contributed by atoms with van der Waals surface area (Å²) in [6.07, 6.45) is 1.27. The van der Waals surface area contributed by atoms with Gasteiger partial charge < -0.3 is 4.42 Å². The Morgan fingerprint density at radius 1 is 1.26 bits per heavy atom. The lowest BCUT2D eigenvalue weighted by atomic mass is 10.1. The van der Waals surface area contributed by atoms with E-state index in [-0.39, 0.29) is 5.78 Å². The SMILES string of the molecule is Cc1ccc2oc(C(=O)CCc3ccsc3)cc2c1. The van der Waals surface area contributed by atoms with Crippen LogP contribution >= 0.6 is 11.3 Å². The van der Waals surface area contributed by atoms with Gasteiger partial charge in [-0.05, 0) is 53.9 Å². The Kier molecular flexibility index (Phi) is 3.22. The van der Waals surface area contributed by atoms with Gasteiger partial charge in [0.05, 0.1) is 0 Å². The third kappa shape index (κ3) is 2.61. The molecule has 0 saturated carbocycles. The highest BCUT2D eigenvalue weighted by atomic mass is 32.1. The van der Waals surface area contributed by atoms with Crippen molar-refractivity contribution in [3.63, 3.8) is 0 Å². The number of fused-ring (bicyclic) bond motifs is 1. The average molecular weight is 270 g/mol. The van der Waals surface area contributed by atoms with Crippen LogP contribution < -0.4 is 0 Å². The van der Waals surface area contributed by atoms with Crippen LogP contribution in [0, 0.1) is 6.92 Å². The summed E-state index contributed by atoms with van der Waals surface area (Å²) < 4.78 is 5.61. The van der Waals surface area contributed by atoms with Crippen molar-refractivity contribution < 1.29 is 9.21 Å². The number of Topliss-reactive ketones (excluding diaryl/α,β-unsaturated/α-hetero) is 1. The Bertz CT molecular complexity index is 708. The summed E-state index contributed by atoms with van der Waals surface area (Å²) in [5.41, 5.74) is 3.17. The highest BCUT2D eigenvalue weighted by molar-refractivity contribution is 7.07. The van der Waals surface area contributed by atoms with Crippen LogP contribution in [-0.4, -0.2) is 5.78 Å². The number of thiophene rings is 1. The van der Waals surface area contributed by atoms with Crippen molar-refractivity contribution in [2.24, 2.45) is 0 Å². The zero-order valence-corrected chi connectivity index (χ0v) is 11.5. The molecule has 0 bridgehead atoms. The Morgan fingerprint density at radius 3 is 2.95 bits per heavy atom. The molecule has 0 fully saturated rings. The van der Waals surface area contributed by atoms with Crippen LogP contribution in [-0.2, 0) is 6.42 Å². The monoisotopic (exact) mass is 270 g/mol. The zero-order chi connectivity index (χ0) is 13.2. The van der Waals surface area contributed by atoms with Crippen LogP contribution in [0.5, 0.6) is 0 Å². The molecule has 19 heavy (non-hydrogen) atoms. The third-order valence-corrected chi connectivity index (χ3v) is 3.90. The van der Waals surface area contributed by atoms with Gasteiger partial charge in [-0.2, -0.15) is 11.3 Å². The maximum Gasteiger partial charge on any atom is 0.198 e. The zero-order valence-electron chi connectivity index (χ0n) is 10.7. The Morgan fingerprint density at radius 2 is 2.16 bits per heavy atom. The third-order valence-electron chi connectivity index (χ3n) is 3.17. The number of carbonyl (C=O) groups is 1. The number of rotatable bonds is 4. The summed E-state index contributed by atoms with van der Waals surface area (Å²) in [7, 11) is 0. The Hall–Kier alpha value is -1.87. The van der Waals surface area contributed by atoms with Gasteiger partial charge in [0.15, 0.2) is 11.5 Å². The van der Waals surface area contributed by atoms with Gasteiger partial charge in [0.1, 0.15) is 5.58 Å². The molecular formula is C16H14O2S. The van der Waals surface area contributed by atoms with E-state index in [4.69, 9.17) is 4.42 Å². The highest BCUT2D eigenvalue weighted by Crippen LogP contribution is 2.22. The molecular weight excluding hydrogens is 256 g/mol. The van der Waals surface area contributed by atoms with E-state index in [9.17, 15) is 4.79 Å². The van der Waals surface area contributed by atoms with Crippen molar-refractivity contribution in [3.8, 4) is 0 Å². The second kappa shape index (κ2) is 5.02. The number of hydrogen-bond acceptors (Lipinski definition) is 3. The quantitative estimate of drug-likeness (QED) is 0.648. The molecule has 2 aromatic heterocycles. The van der Waals surface area contributed by atoms with Gasteiger partial charge >= 0.3 is 0 Å². The van der Waals surface area contributed by atoms with Crippen LogP contribution in [0.15, 0.2) is 45.5 Å². The fourth-order valence-corrected chi connectivity index (χ4v) is 2.82. The smallest absolute Gasteiger partial charge is 0.198 e. The molecule has 96 valence electrons. The van der Waals surface area contributed by atoms with E-state index in [1.54, 1.807) is 11.3 Å². The molecule has 1 aromatic carbocycles. The molecule has 0 atom stereocenters. The standard InChI is InChI=1S/C16H14O2S/c1-11-2-5-15-13(8-11)9-16(18-15)14(17)4-3-12-6-7-19-10-12/h2,5-10H,3-4H2,1H3. The molecule has 0 saturated heterocycles. The average Bonchev–Trinajstić information content (AvgIpc) is 3.04. The van der Waals surface area contributed by atoms with Gasteiger partial charge in [-0.1, -0.05) is 11.6 Å². The number of carbonyl (C=O) groups excluding carboxylic acids is 1. The molecule has 2 heterocycles. The maximum atomic E-state index is 12.1. The molecule has 0 spiro atoms. The van der Waals surface area contributed by atoms with Gasteiger partial charge in [-0.3, -0.25) is 4.79 Å². The summed E-state index contributed by atoms with van der Waals surface area (Å²) in [4.78, 5) is 12.1. The van der Waals surface area contributed by atoms with Crippen LogP contribution in [0.25, 0.3) is 11.0 Å². The normalized spacial score (nSPS) is 11.0. The van der Waals surface area contributed by atoms with E-state index in [0.717, 1.165) is 17.4 Å². The summed E-state index contributed by atoms with van der Waals surface area (Å²) >= 11 is 1.66. The van der Waals surface area contributed by atoms with Crippen molar-refractivity contribution in [3.05, 3.63) is 58.0 Å². The molecule has 0 aliphatic rings. The molecule has 0 amide bonds. The topological polar surface area (TPSA) is 30.2 Å². The lowest BCUT2D eigenvalue weighted by molar-refractivity contribution is 0.0958. The molecule has 0 aliphatic heterocycles. The molecule has 0 unspecified atom stereocenters. The summed E-state index contributed by atoms with van der Waals surface area (Å²) in [5, 5.41) is 5.11. The molecule has 3 heteroatoms. The number of benzene rings is 1. The number of aryl methyl sites for hydroxylation is 2. The highest BCUT2D eigenvalue weighted by Gasteiger charge is 2.12. The first kappa shape index (κ1) is 12.2. The lowest BCUT2D eigenvalue weighted by Crippen LogP contribution is -1.98. The van der Waals surface area contributed by atoms with Crippen LogP contribution in [0.1, 0.15) is 28.1 Å². The predicted octanol–water partition coefficient (Wildman–Crippen LogP) is 4.62. The number of furan rings is 1. The van der Waals surface area contributed by atoms with Gasteiger partial charge in [0, 0.05) is 11.8 Å². The van der Waals surface area contributed by atoms with Crippen LogP contribution in [0.2, 0.25) is 0 Å². The molecule has 0 N–H and O–H groups in total. The molecule has 0 radical (unpaired) electrons. The minimum atomic E-state index is 0.0695. The maximum absolute atomic E-state index is 12.1. The summed E-state index contributed by atoms with van der Waals surface area (Å²) in [6.45, 7) is 2.03. The van der Waals surface area contributed by atoms with E-state index in [0.29, 0.717) is 12.2 Å². The fraction of sp³-hybridized carbons (Fsp3) is 0.188. The Balaban J connectivity index is 1.77. The van der Waals surface area contributed by atoms with Gasteiger partial charge in [0.25, 0.3) is 0 Å². The van der Waals surface area contributed by atoms with E-state index < -0.39 is 0 Å². The van der Waals surface area contributed by atoms with Crippen molar-refractivity contribution >= 4 is 28.1 Å². The summed E-state index contributed by atoms with van der Waals surface area (Å²) in [6, 6.07) is 9.85. The molecule has 3 aromatic rings. The number of hydrogen-bond donors (Lipinski definition) is 0. The molecule has 3 rings (SSSR count). The van der Waals surface area contributed by atoms with E-state index >= 15 is 0 Å². The largest absolute Gasteiger partial charge is 0.453 e. The summed E-state index contributed by atoms with van der Waals surface area (Å²) in [5.74, 6) is 0.538. The van der Waals surface area contributed by atoms with Crippen molar-refractivity contribution in [2.45, 2.75) is 19.8 Å². The van der Waals surface area contributed by atoms with Gasteiger partial charge in [0.2, 0.25) is 0 Å². The van der Waals surface area contributed by atoms with Crippen molar-refractivity contribution in [2.75, 3.05) is 0 Å². The second-order valence-electron chi connectivity index (χ2n) is 4.71. The first-order valence-electron chi connectivity index (χ1n) is 6.27. The van der Waals surface area contributed by atoms with Gasteiger partial charge in [-0.25, -0.2) is 0 Å². The van der Waals surface area contributed by atoms with Crippen LogP contribution in [0.4, 0.5) is 0 Å². The molecule has 2 nitrogen and oxygen atoms in total. The van der Waals surface area contributed by atoms with E-state index in [1.807, 2.05) is 36.6 Å². The minimum Gasteiger partial charge on any atom is -0.453 e. The van der Waals surface area contributed by atoms with E-state index in [2.05, 4.69) is 11.4 Å². The van der Waals surface area contributed by atoms with Crippen LogP contribution in [0.3, 0.4) is 0 Å². The van der Waals surface area contributed by atoms with Gasteiger partial charge in [-0.15, -0.1) is 0 Å². The number of ketones is 1. The van der Waals surface area contributed by atoms with E-state index in [1.165, 1.54) is 11.1 Å². The van der Waals surface area contributed by atoms with Crippen molar-refractivity contribution in [1.29, 1.82) is 0 Å². The minimum absolute atomic E-state index is 0.0695. The van der Waals surface area contributed by atoms with Crippen molar-refractivity contribution in [1.82, 2.24) is 0 Å². The second-order valence-corrected chi connectivity index (χ2v) is 5.49. The molecule has 0 aliphatic carbocycles. The lowest BCUT2D eigenvalue weighted by Gasteiger charge is -1.95. The first-order valence-corrected chi connectivity index (χ1v) is 7.21. The Labute approximate surface area is 115 Å². The predicted molar refractivity (Wildman–Crippen MR) is 77.9 cm³/mol.